The summed E-state index contributed by atoms with van der Waals surface area (Å²) in [5.41, 5.74) is 1.66. The van der Waals surface area contributed by atoms with Crippen molar-refractivity contribution in [1.82, 2.24) is 9.91 Å². The quantitative estimate of drug-likeness (QED) is 0.672. The molecule has 158 valence electrons. The van der Waals surface area contributed by atoms with Crippen LogP contribution in [0.3, 0.4) is 0 Å². The summed E-state index contributed by atoms with van der Waals surface area (Å²) in [6.45, 7) is 1.87. The van der Waals surface area contributed by atoms with E-state index in [2.05, 4.69) is 5.10 Å². The molecule has 0 spiro atoms. The van der Waals surface area contributed by atoms with Gasteiger partial charge in [0, 0.05) is 37.6 Å². The van der Waals surface area contributed by atoms with Gasteiger partial charge < -0.3 is 9.64 Å². The van der Waals surface area contributed by atoms with E-state index in [0.717, 1.165) is 5.56 Å². The van der Waals surface area contributed by atoms with Crippen LogP contribution >= 0.6 is 11.6 Å². The van der Waals surface area contributed by atoms with Crippen LogP contribution in [0, 0.1) is 5.82 Å². The van der Waals surface area contributed by atoms with Crippen molar-refractivity contribution < 1.29 is 18.7 Å². The Morgan fingerprint density at radius 2 is 1.93 bits per heavy atom. The number of hydrazone groups is 1. The Kier molecular flexibility index (Phi) is 7.18. The minimum Gasteiger partial charge on any atom is -0.383 e. The van der Waals surface area contributed by atoms with Gasteiger partial charge in [0.25, 0.3) is 5.91 Å². The van der Waals surface area contributed by atoms with Crippen LogP contribution in [-0.2, 0) is 14.3 Å². The summed E-state index contributed by atoms with van der Waals surface area (Å²) >= 11 is 6.00. The average molecular weight is 432 g/mol. The Hall–Kier alpha value is -2.77. The molecule has 1 atom stereocenters. The zero-order valence-corrected chi connectivity index (χ0v) is 17.6. The molecule has 0 aliphatic carbocycles. The Morgan fingerprint density at radius 3 is 2.57 bits per heavy atom. The van der Waals surface area contributed by atoms with Crippen LogP contribution in [0.25, 0.3) is 0 Å². The molecule has 0 radical (unpaired) electrons. The summed E-state index contributed by atoms with van der Waals surface area (Å²) in [6, 6.07) is 13.0. The number of hydrogen-bond acceptors (Lipinski definition) is 4. The third-order valence-electron chi connectivity index (χ3n) is 4.94. The molecular formula is C22H23ClFN3O3. The van der Waals surface area contributed by atoms with Crippen molar-refractivity contribution >= 4 is 29.1 Å². The SMILES string of the molecule is COCCN(CC(=O)N1N=C(c2ccccc2F)C[C@@H]1c1ccc(Cl)cc1)C(C)=O. The van der Waals surface area contributed by atoms with Gasteiger partial charge in [-0.25, -0.2) is 9.40 Å². The maximum atomic E-state index is 14.3. The van der Waals surface area contributed by atoms with Crippen molar-refractivity contribution in [1.29, 1.82) is 0 Å². The Bertz CT molecular complexity index is 949. The van der Waals surface area contributed by atoms with Gasteiger partial charge in [-0.15, -0.1) is 0 Å². The van der Waals surface area contributed by atoms with Crippen molar-refractivity contribution in [3.8, 4) is 0 Å². The topological polar surface area (TPSA) is 62.2 Å². The molecular weight excluding hydrogens is 409 g/mol. The molecule has 0 bridgehead atoms. The summed E-state index contributed by atoms with van der Waals surface area (Å²) in [7, 11) is 1.53. The summed E-state index contributed by atoms with van der Waals surface area (Å²) in [5.74, 6) is -0.987. The smallest absolute Gasteiger partial charge is 0.262 e. The largest absolute Gasteiger partial charge is 0.383 e. The molecule has 0 saturated heterocycles. The molecule has 0 saturated carbocycles. The molecule has 30 heavy (non-hydrogen) atoms. The Balaban J connectivity index is 1.91. The lowest BCUT2D eigenvalue weighted by atomic mass is 9.98. The molecule has 1 heterocycles. The molecule has 2 aromatic rings. The van der Waals surface area contributed by atoms with Gasteiger partial charge in [0.15, 0.2) is 0 Å². The number of rotatable bonds is 7. The van der Waals surface area contributed by atoms with Crippen LogP contribution in [-0.4, -0.2) is 54.2 Å². The average Bonchev–Trinajstić information content (AvgIpc) is 3.17. The van der Waals surface area contributed by atoms with Crippen LogP contribution in [0.1, 0.15) is 30.5 Å². The van der Waals surface area contributed by atoms with Gasteiger partial charge in [-0.3, -0.25) is 9.59 Å². The number of amides is 2. The van der Waals surface area contributed by atoms with E-state index in [0.29, 0.717) is 35.9 Å². The van der Waals surface area contributed by atoms with Crippen molar-refractivity contribution in [2.75, 3.05) is 26.8 Å². The van der Waals surface area contributed by atoms with Crippen molar-refractivity contribution in [2.45, 2.75) is 19.4 Å². The van der Waals surface area contributed by atoms with Gasteiger partial charge in [-0.1, -0.05) is 41.9 Å². The molecule has 2 aromatic carbocycles. The number of carbonyl (C=O) groups is 2. The van der Waals surface area contributed by atoms with Gasteiger partial charge in [0.05, 0.1) is 18.4 Å². The van der Waals surface area contributed by atoms with Crippen LogP contribution in [0.15, 0.2) is 53.6 Å². The number of benzene rings is 2. The lowest BCUT2D eigenvalue weighted by Gasteiger charge is -2.26. The van der Waals surface area contributed by atoms with Crippen molar-refractivity contribution in [2.24, 2.45) is 5.10 Å². The fourth-order valence-corrected chi connectivity index (χ4v) is 3.45. The molecule has 1 aliphatic heterocycles. The highest BCUT2D eigenvalue weighted by atomic mass is 35.5. The maximum absolute atomic E-state index is 14.3. The summed E-state index contributed by atoms with van der Waals surface area (Å²) < 4.78 is 19.4. The van der Waals surface area contributed by atoms with E-state index in [1.807, 2.05) is 12.1 Å². The van der Waals surface area contributed by atoms with Gasteiger partial charge in [0.2, 0.25) is 5.91 Å². The van der Waals surface area contributed by atoms with E-state index in [1.165, 1.54) is 30.0 Å². The number of halogens is 2. The number of hydrogen-bond donors (Lipinski definition) is 0. The van der Waals surface area contributed by atoms with E-state index in [1.54, 1.807) is 30.3 Å². The third kappa shape index (κ3) is 5.04. The second kappa shape index (κ2) is 9.82. The van der Waals surface area contributed by atoms with E-state index in [-0.39, 0.29) is 18.4 Å². The molecule has 1 aliphatic rings. The molecule has 6 nitrogen and oxygen atoms in total. The molecule has 2 amide bonds. The number of nitrogens with zero attached hydrogens (tertiary/aromatic N) is 3. The standard InChI is InChI=1S/C22H23ClFN3O3/c1-15(28)26(11-12-30-2)14-22(29)27-21(16-7-9-17(23)10-8-16)13-20(25-27)18-5-3-4-6-19(18)24/h3-10,21H,11-14H2,1-2H3/t21-/m1/s1. The monoisotopic (exact) mass is 431 g/mol. The van der Waals surface area contributed by atoms with E-state index < -0.39 is 11.9 Å². The second-order valence-corrected chi connectivity index (χ2v) is 7.41. The number of methoxy groups -OCH3 is 1. The van der Waals surface area contributed by atoms with Gasteiger partial charge in [0.1, 0.15) is 12.4 Å². The fraction of sp³-hybridized carbons (Fsp3) is 0.318. The highest BCUT2D eigenvalue weighted by molar-refractivity contribution is 6.30. The molecule has 0 fully saturated rings. The Morgan fingerprint density at radius 1 is 1.23 bits per heavy atom. The normalized spacial score (nSPS) is 15.8. The highest BCUT2D eigenvalue weighted by Crippen LogP contribution is 2.34. The summed E-state index contributed by atoms with van der Waals surface area (Å²) in [4.78, 5) is 26.4. The van der Waals surface area contributed by atoms with Gasteiger partial charge >= 0.3 is 0 Å². The molecule has 0 N–H and O–H groups in total. The van der Waals surface area contributed by atoms with Gasteiger partial charge in [-0.05, 0) is 23.8 Å². The first-order chi connectivity index (χ1) is 14.4. The molecule has 8 heteroatoms. The van der Waals surface area contributed by atoms with Crippen LogP contribution in [0.5, 0.6) is 0 Å². The van der Waals surface area contributed by atoms with Crippen molar-refractivity contribution in [3.63, 3.8) is 0 Å². The van der Waals surface area contributed by atoms with E-state index >= 15 is 0 Å². The highest BCUT2D eigenvalue weighted by Gasteiger charge is 2.34. The summed E-state index contributed by atoms with van der Waals surface area (Å²) in [6.07, 6.45) is 0.354. The first kappa shape index (κ1) is 21.9. The minimum absolute atomic E-state index is 0.142. The third-order valence-corrected chi connectivity index (χ3v) is 5.19. The zero-order chi connectivity index (χ0) is 21.7. The predicted molar refractivity (Wildman–Crippen MR) is 113 cm³/mol. The zero-order valence-electron chi connectivity index (χ0n) is 16.8. The predicted octanol–water partition coefficient (Wildman–Crippen LogP) is 3.65. The van der Waals surface area contributed by atoms with Crippen LogP contribution in [0.4, 0.5) is 4.39 Å². The second-order valence-electron chi connectivity index (χ2n) is 6.97. The lowest BCUT2D eigenvalue weighted by molar-refractivity contribution is -0.141. The summed E-state index contributed by atoms with van der Waals surface area (Å²) in [5, 5.41) is 6.37. The fourth-order valence-electron chi connectivity index (χ4n) is 3.33. The first-order valence-corrected chi connectivity index (χ1v) is 9.93. The number of ether oxygens (including phenoxy) is 1. The molecule has 0 unspecified atom stereocenters. The molecule has 3 rings (SSSR count). The van der Waals surface area contributed by atoms with Crippen LogP contribution < -0.4 is 0 Å². The Labute approximate surface area is 179 Å². The van der Waals surface area contributed by atoms with Crippen LogP contribution in [0.2, 0.25) is 5.02 Å². The molecule has 0 aromatic heterocycles. The lowest BCUT2D eigenvalue weighted by Crippen LogP contribution is -2.41. The van der Waals surface area contributed by atoms with Gasteiger partial charge in [-0.2, -0.15) is 5.10 Å². The maximum Gasteiger partial charge on any atom is 0.262 e. The first-order valence-electron chi connectivity index (χ1n) is 9.55. The van der Waals surface area contributed by atoms with E-state index in [4.69, 9.17) is 16.3 Å². The minimum atomic E-state index is -0.416. The number of carbonyl (C=O) groups excluding carboxylic acids is 2. The van der Waals surface area contributed by atoms with E-state index in [9.17, 15) is 14.0 Å². The van der Waals surface area contributed by atoms with Crippen molar-refractivity contribution in [3.05, 3.63) is 70.5 Å².